The summed E-state index contributed by atoms with van der Waals surface area (Å²) in [6.07, 6.45) is 0.956. The third-order valence-electron chi connectivity index (χ3n) is 6.61. The Balaban J connectivity index is 1.60. The van der Waals surface area contributed by atoms with Gasteiger partial charge in [0.2, 0.25) is 10.0 Å². The Bertz CT molecular complexity index is 1200. The smallest absolute Gasteiger partial charge is 0.246 e. The third-order valence-corrected chi connectivity index (χ3v) is 8.53. The molecule has 0 unspecified atom stereocenters. The number of ether oxygens (including phenoxy) is 4. The van der Waals surface area contributed by atoms with Gasteiger partial charge in [-0.2, -0.15) is 4.31 Å². The average Bonchev–Trinajstić information content (AvgIpc) is 2.79. The van der Waals surface area contributed by atoms with Crippen LogP contribution in [-0.2, 0) is 10.0 Å². The Hall–Kier alpha value is -2.78. The van der Waals surface area contributed by atoms with Crippen LogP contribution < -0.4 is 18.9 Å². The van der Waals surface area contributed by atoms with Gasteiger partial charge in [-0.05, 0) is 37.1 Å². The van der Waals surface area contributed by atoms with Crippen LogP contribution in [0, 0.1) is 13.8 Å². The van der Waals surface area contributed by atoms with Crippen LogP contribution in [0.4, 0.5) is 0 Å². The highest BCUT2D eigenvalue weighted by Gasteiger charge is 2.46. The number of fused-ring (bicyclic) bond motifs is 1. The van der Waals surface area contributed by atoms with Crippen molar-refractivity contribution in [2.45, 2.75) is 43.6 Å². The van der Waals surface area contributed by atoms with Crippen LogP contribution in [-0.4, -0.2) is 58.5 Å². The van der Waals surface area contributed by atoms with E-state index in [4.69, 9.17) is 18.9 Å². The lowest BCUT2D eigenvalue weighted by Crippen LogP contribution is -2.52. The molecule has 0 atom stereocenters. The molecule has 0 bridgehead atoms. The van der Waals surface area contributed by atoms with Crippen molar-refractivity contribution >= 4 is 15.8 Å². The van der Waals surface area contributed by atoms with Gasteiger partial charge in [0.15, 0.2) is 5.78 Å². The largest absolute Gasteiger partial charge is 0.496 e. The molecule has 1 saturated heterocycles. The van der Waals surface area contributed by atoms with E-state index in [9.17, 15) is 13.2 Å². The summed E-state index contributed by atoms with van der Waals surface area (Å²) in [6, 6.07) is 6.74. The van der Waals surface area contributed by atoms with Gasteiger partial charge in [-0.15, -0.1) is 0 Å². The molecule has 2 heterocycles. The lowest BCUT2D eigenvalue weighted by Gasteiger charge is -2.43. The number of aryl methyl sites for hydroxylation is 2. The summed E-state index contributed by atoms with van der Waals surface area (Å²) in [5.41, 5.74) is 1.48. The Morgan fingerprint density at radius 3 is 2.15 bits per heavy atom. The maximum atomic E-state index is 13.4. The van der Waals surface area contributed by atoms with E-state index < -0.39 is 15.6 Å². The van der Waals surface area contributed by atoms with Crippen molar-refractivity contribution in [2.24, 2.45) is 0 Å². The highest BCUT2D eigenvalue weighted by Crippen LogP contribution is 2.45. The fraction of sp³-hybridized carbons (Fsp3) is 0.458. The molecule has 2 aromatic rings. The van der Waals surface area contributed by atoms with Gasteiger partial charge in [-0.1, -0.05) is 0 Å². The van der Waals surface area contributed by atoms with Gasteiger partial charge in [0.1, 0.15) is 39.1 Å². The Kier molecular flexibility index (Phi) is 6.05. The van der Waals surface area contributed by atoms with Crippen LogP contribution in [0.15, 0.2) is 29.2 Å². The zero-order valence-electron chi connectivity index (χ0n) is 19.6. The van der Waals surface area contributed by atoms with E-state index in [0.29, 0.717) is 41.4 Å². The van der Waals surface area contributed by atoms with Gasteiger partial charge in [-0.3, -0.25) is 4.79 Å². The van der Waals surface area contributed by atoms with Crippen molar-refractivity contribution in [1.82, 2.24) is 4.31 Å². The van der Waals surface area contributed by atoms with Gasteiger partial charge in [0.25, 0.3) is 0 Å². The van der Waals surface area contributed by atoms with E-state index in [2.05, 4.69) is 0 Å². The van der Waals surface area contributed by atoms with Crippen LogP contribution in [0.3, 0.4) is 0 Å². The molecule has 178 valence electrons. The second-order valence-corrected chi connectivity index (χ2v) is 10.5. The number of methoxy groups -OCH3 is 3. The van der Waals surface area contributed by atoms with Crippen LogP contribution in [0.25, 0.3) is 0 Å². The third kappa shape index (κ3) is 4.04. The molecule has 1 fully saturated rings. The maximum Gasteiger partial charge on any atom is 0.246 e. The van der Waals surface area contributed by atoms with E-state index in [0.717, 1.165) is 11.1 Å². The van der Waals surface area contributed by atoms with Gasteiger partial charge < -0.3 is 18.9 Å². The van der Waals surface area contributed by atoms with Crippen LogP contribution in [0.5, 0.6) is 23.0 Å². The maximum absolute atomic E-state index is 13.4. The lowest BCUT2D eigenvalue weighted by molar-refractivity contribution is 0.00537. The molecule has 33 heavy (non-hydrogen) atoms. The fourth-order valence-electron chi connectivity index (χ4n) is 4.53. The number of hydrogen-bond acceptors (Lipinski definition) is 7. The normalized spacial score (nSPS) is 17.9. The second kappa shape index (κ2) is 8.53. The Morgan fingerprint density at radius 2 is 1.55 bits per heavy atom. The summed E-state index contributed by atoms with van der Waals surface area (Å²) in [4.78, 5) is 13.2. The van der Waals surface area contributed by atoms with Crippen molar-refractivity contribution < 1.29 is 32.2 Å². The molecule has 8 nitrogen and oxygen atoms in total. The topological polar surface area (TPSA) is 91.4 Å². The molecule has 0 radical (unpaired) electrons. The number of rotatable bonds is 5. The first-order valence-electron chi connectivity index (χ1n) is 10.8. The zero-order chi connectivity index (χ0) is 24.0. The number of Topliss-reactive ketones (excluding diaryl/α,β-unsaturated/α-hetero) is 1. The van der Waals surface area contributed by atoms with E-state index in [1.54, 1.807) is 24.3 Å². The standard InChI is InChI=1S/C24H29NO7S/c1-15-10-19(30-4)22(11-16(15)2)33(27,28)25-8-6-24(7-9-25)14-18(26)23-20(31-5)12-17(29-3)13-21(23)32-24/h10-13H,6-9,14H2,1-5H3. The first kappa shape index (κ1) is 23.4. The molecular weight excluding hydrogens is 446 g/mol. The monoisotopic (exact) mass is 475 g/mol. The highest BCUT2D eigenvalue weighted by molar-refractivity contribution is 7.89. The number of sulfonamides is 1. The predicted molar refractivity (Wildman–Crippen MR) is 122 cm³/mol. The second-order valence-electron chi connectivity index (χ2n) is 8.58. The van der Waals surface area contributed by atoms with Crippen LogP contribution in [0.1, 0.15) is 40.7 Å². The minimum atomic E-state index is -3.77. The van der Waals surface area contributed by atoms with Crippen molar-refractivity contribution in [3.63, 3.8) is 0 Å². The van der Waals surface area contributed by atoms with Gasteiger partial charge in [-0.25, -0.2) is 8.42 Å². The quantitative estimate of drug-likeness (QED) is 0.653. The van der Waals surface area contributed by atoms with Crippen molar-refractivity contribution in [1.29, 1.82) is 0 Å². The molecule has 0 aromatic heterocycles. The number of piperidine rings is 1. The number of carbonyl (C=O) groups is 1. The summed E-state index contributed by atoms with van der Waals surface area (Å²) in [5, 5.41) is 0. The molecule has 2 aliphatic rings. The fourth-order valence-corrected chi connectivity index (χ4v) is 6.19. The zero-order valence-corrected chi connectivity index (χ0v) is 20.4. The van der Waals surface area contributed by atoms with Crippen LogP contribution >= 0.6 is 0 Å². The predicted octanol–water partition coefficient (Wildman–Crippen LogP) is 3.52. The van der Waals surface area contributed by atoms with Gasteiger partial charge in [0.05, 0.1) is 27.8 Å². The Morgan fingerprint density at radius 1 is 0.909 bits per heavy atom. The summed E-state index contributed by atoms with van der Waals surface area (Å²) in [5.74, 6) is 1.59. The van der Waals surface area contributed by atoms with Crippen molar-refractivity contribution in [2.75, 3.05) is 34.4 Å². The molecule has 2 aliphatic heterocycles. The first-order valence-corrected chi connectivity index (χ1v) is 12.2. The molecule has 2 aromatic carbocycles. The van der Waals surface area contributed by atoms with E-state index >= 15 is 0 Å². The summed E-state index contributed by atoms with van der Waals surface area (Å²) < 4.78 is 50.7. The average molecular weight is 476 g/mol. The van der Waals surface area contributed by atoms with Crippen molar-refractivity contribution in [3.05, 3.63) is 41.0 Å². The molecule has 0 N–H and O–H groups in total. The number of carbonyl (C=O) groups excluding carboxylic acids is 1. The number of hydrogen-bond donors (Lipinski definition) is 0. The van der Waals surface area contributed by atoms with Crippen LogP contribution in [0.2, 0.25) is 0 Å². The highest BCUT2D eigenvalue weighted by atomic mass is 32.2. The molecule has 1 spiro atoms. The Labute approximate surface area is 194 Å². The molecule has 0 saturated carbocycles. The summed E-state index contributed by atoms with van der Waals surface area (Å²) in [6.45, 7) is 4.27. The number of ketones is 1. The minimum Gasteiger partial charge on any atom is -0.496 e. The molecule has 0 amide bonds. The van der Waals surface area contributed by atoms with E-state index in [1.807, 2.05) is 13.8 Å². The lowest BCUT2D eigenvalue weighted by atomic mass is 9.82. The van der Waals surface area contributed by atoms with E-state index in [-0.39, 0.29) is 30.2 Å². The van der Waals surface area contributed by atoms with Gasteiger partial charge >= 0.3 is 0 Å². The molecule has 9 heteroatoms. The summed E-state index contributed by atoms with van der Waals surface area (Å²) >= 11 is 0. The van der Waals surface area contributed by atoms with E-state index in [1.165, 1.54) is 25.6 Å². The van der Waals surface area contributed by atoms with Crippen molar-refractivity contribution in [3.8, 4) is 23.0 Å². The molecule has 4 rings (SSSR count). The number of benzene rings is 2. The molecule has 0 aliphatic carbocycles. The molecular formula is C24H29NO7S. The SMILES string of the molecule is COc1cc(OC)c2c(c1)OC1(CCN(S(=O)(=O)c3cc(C)c(C)cc3OC)CC1)CC2=O. The number of nitrogens with zero attached hydrogens (tertiary/aromatic N) is 1. The minimum absolute atomic E-state index is 0.0807. The van der Waals surface area contributed by atoms with Gasteiger partial charge in [0, 0.05) is 38.1 Å². The summed E-state index contributed by atoms with van der Waals surface area (Å²) in [7, 11) is 0.732. The first-order chi connectivity index (χ1) is 15.6.